The Morgan fingerprint density at radius 3 is 2.07 bits per heavy atom. The molecule has 0 heterocycles. The Labute approximate surface area is 180 Å². The summed E-state index contributed by atoms with van der Waals surface area (Å²) >= 11 is 0. The molecule has 0 aromatic heterocycles. The van der Waals surface area contributed by atoms with Crippen molar-refractivity contribution in [1.82, 2.24) is 5.32 Å². The molecule has 0 spiro atoms. The molecule has 2 rings (SSSR count). The quantitative estimate of drug-likeness (QED) is 0.336. The maximum atomic E-state index is 5.47. The van der Waals surface area contributed by atoms with Crippen molar-refractivity contribution in [2.75, 3.05) is 14.2 Å². The largest absolute Gasteiger partial charge is 0.497 e. The average molecular weight is 408 g/mol. The predicted octanol–water partition coefficient (Wildman–Crippen LogP) is 5.81. The molecule has 0 aliphatic rings. The normalized spacial score (nSPS) is 11.3. The molecule has 1 atom stereocenters. The van der Waals surface area contributed by atoms with Gasteiger partial charge in [0.25, 0.3) is 5.95 Å². The van der Waals surface area contributed by atoms with Gasteiger partial charge in [0, 0.05) is 5.70 Å². The topological polar surface area (TPSA) is 39.7 Å². The van der Waals surface area contributed by atoms with Crippen LogP contribution < -0.4 is 14.8 Å². The summed E-state index contributed by atoms with van der Waals surface area (Å²) in [6, 6.07) is 16.2. The summed E-state index contributed by atoms with van der Waals surface area (Å²) in [5.41, 5.74) is 4.63. The molecule has 1 unspecified atom stereocenters. The summed E-state index contributed by atoms with van der Waals surface area (Å²) in [5, 5.41) is 3.58. The average Bonchev–Trinajstić information content (AvgIpc) is 2.78. The number of hydrogen-bond acceptors (Lipinski definition) is 4. The van der Waals surface area contributed by atoms with Crippen LogP contribution in [-0.4, -0.2) is 20.3 Å². The molecule has 2 aromatic carbocycles. The molecular formula is C26H33NO3. The van der Waals surface area contributed by atoms with Gasteiger partial charge < -0.3 is 19.5 Å². The Hall–Kier alpha value is -3.14. The Balaban J connectivity index is 1.93. The Morgan fingerprint density at radius 1 is 0.900 bits per heavy atom. The number of ether oxygens (including phenoxy) is 3. The van der Waals surface area contributed by atoms with Crippen molar-refractivity contribution >= 4 is 0 Å². The van der Waals surface area contributed by atoms with E-state index in [1.807, 2.05) is 24.3 Å². The molecule has 4 heteroatoms. The van der Waals surface area contributed by atoms with Crippen LogP contribution in [0.3, 0.4) is 0 Å². The molecule has 0 radical (unpaired) electrons. The Bertz CT molecular complexity index is 838. The molecule has 1 N–H and O–H groups in total. The third-order valence-electron chi connectivity index (χ3n) is 5.02. The maximum Gasteiger partial charge on any atom is 0.276 e. The highest BCUT2D eigenvalue weighted by molar-refractivity contribution is 5.30. The first-order valence-electron chi connectivity index (χ1n) is 10.2. The van der Waals surface area contributed by atoms with E-state index in [0.29, 0.717) is 5.75 Å². The van der Waals surface area contributed by atoms with E-state index < -0.39 is 0 Å². The first kappa shape index (κ1) is 23.1. The van der Waals surface area contributed by atoms with Gasteiger partial charge in [0.2, 0.25) is 0 Å². The van der Waals surface area contributed by atoms with E-state index in [2.05, 4.69) is 56.2 Å². The maximum absolute atomic E-state index is 5.47. The lowest BCUT2D eigenvalue weighted by atomic mass is 9.97. The van der Waals surface area contributed by atoms with Crippen molar-refractivity contribution in [2.24, 2.45) is 0 Å². The van der Waals surface area contributed by atoms with E-state index in [9.17, 15) is 0 Å². The molecule has 0 aliphatic heterocycles. The van der Waals surface area contributed by atoms with E-state index >= 15 is 0 Å². The van der Waals surface area contributed by atoms with Crippen molar-refractivity contribution in [3.63, 3.8) is 0 Å². The lowest BCUT2D eigenvalue weighted by Gasteiger charge is -2.23. The fraction of sp³-hybridized carbons (Fsp3) is 0.308. The van der Waals surface area contributed by atoms with Crippen molar-refractivity contribution in [3.05, 3.63) is 96.6 Å². The number of rotatable bonds is 13. The van der Waals surface area contributed by atoms with Crippen LogP contribution in [0.4, 0.5) is 0 Å². The lowest BCUT2D eigenvalue weighted by molar-refractivity contribution is 0.154. The predicted molar refractivity (Wildman–Crippen MR) is 124 cm³/mol. The van der Waals surface area contributed by atoms with Crippen LogP contribution in [0.25, 0.3) is 0 Å². The number of nitrogens with one attached hydrogen (secondary N) is 1. The first-order chi connectivity index (χ1) is 14.4. The minimum atomic E-state index is 0.138. The lowest BCUT2D eigenvalue weighted by Crippen LogP contribution is -2.32. The molecular weight excluding hydrogens is 374 g/mol. The molecule has 0 saturated carbocycles. The molecule has 0 aliphatic carbocycles. The third-order valence-corrected chi connectivity index (χ3v) is 5.02. The highest BCUT2D eigenvalue weighted by Crippen LogP contribution is 2.19. The second kappa shape index (κ2) is 11.8. The van der Waals surface area contributed by atoms with Crippen LogP contribution >= 0.6 is 0 Å². The van der Waals surface area contributed by atoms with Gasteiger partial charge in [-0.2, -0.15) is 0 Å². The van der Waals surface area contributed by atoms with E-state index in [0.717, 1.165) is 42.7 Å². The molecule has 4 nitrogen and oxygen atoms in total. The fourth-order valence-electron chi connectivity index (χ4n) is 3.05. The van der Waals surface area contributed by atoms with Crippen LogP contribution in [-0.2, 0) is 17.6 Å². The number of aryl methyl sites for hydroxylation is 1. The third kappa shape index (κ3) is 7.36. The molecule has 2 aromatic rings. The van der Waals surface area contributed by atoms with E-state index in [1.54, 1.807) is 7.11 Å². The molecule has 30 heavy (non-hydrogen) atoms. The molecule has 0 bridgehead atoms. The molecule has 160 valence electrons. The zero-order valence-electron chi connectivity index (χ0n) is 18.4. The minimum absolute atomic E-state index is 0.138. The molecule has 0 saturated heterocycles. The van der Waals surface area contributed by atoms with Crippen LogP contribution in [0.2, 0.25) is 0 Å². The number of benzene rings is 2. The van der Waals surface area contributed by atoms with E-state index in [-0.39, 0.29) is 12.0 Å². The summed E-state index contributed by atoms with van der Waals surface area (Å²) in [7, 11) is 3.21. The van der Waals surface area contributed by atoms with Gasteiger partial charge in [-0.3, -0.25) is 0 Å². The van der Waals surface area contributed by atoms with Crippen LogP contribution in [0, 0.1) is 0 Å². The van der Waals surface area contributed by atoms with Gasteiger partial charge in [-0.05, 0) is 67.7 Å². The molecule has 0 amide bonds. The first-order valence-corrected chi connectivity index (χ1v) is 10.2. The summed E-state index contributed by atoms with van der Waals surface area (Å²) in [6.07, 6.45) is 3.54. The summed E-state index contributed by atoms with van der Waals surface area (Å²) in [5.74, 6) is 1.85. The monoisotopic (exact) mass is 407 g/mol. The van der Waals surface area contributed by atoms with E-state index in [1.165, 1.54) is 18.2 Å². The van der Waals surface area contributed by atoms with Crippen molar-refractivity contribution in [3.8, 4) is 11.5 Å². The van der Waals surface area contributed by atoms with Crippen LogP contribution in [0.1, 0.15) is 30.9 Å². The number of methoxy groups -OCH3 is 2. The zero-order valence-corrected chi connectivity index (χ0v) is 18.4. The smallest absolute Gasteiger partial charge is 0.276 e. The SMILES string of the molecule is C=C(CCc1ccc(OC)cc1)NC(Cc1ccc(OC(=C)OC)cc1)C(=C)CC. The van der Waals surface area contributed by atoms with Crippen LogP contribution in [0.15, 0.2) is 85.5 Å². The van der Waals surface area contributed by atoms with Crippen LogP contribution in [0.5, 0.6) is 11.5 Å². The Morgan fingerprint density at radius 2 is 1.50 bits per heavy atom. The van der Waals surface area contributed by atoms with Crippen molar-refractivity contribution < 1.29 is 14.2 Å². The fourth-order valence-corrected chi connectivity index (χ4v) is 3.05. The van der Waals surface area contributed by atoms with Gasteiger partial charge in [-0.15, -0.1) is 0 Å². The standard InChI is InChI=1S/C26H33NO3/c1-7-19(2)26(18-23-12-16-25(17-13-23)30-21(4)28-5)27-20(3)8-9-22-10-14-24(29-6)15-11-22/h10-17,26-27H,2-4,7-9,18H2,1,5-6H3. The zero-order chi connectivity index (χ0) is 21.9. The highest BCUT2D eigenvalue weighted by Gasteiger charge is 2.13. The van der Waals surface area contributed by atoms with Gasteiger partial charge in [-0.25, -0.2) is 0 Å². The number of allylic oxidation sites excluding steroid dienone is 1. The van der Waals surface area contributed by atoms with Gasteiger partial charge in [0.15, 0.2) is 0 Å². The van der Waals surface area contributed by atoms with Gasteiger partial charge in [0.05, 0.1) is 20.3 Å². The van der Waals surface area contributed by atoms with Gasteiger partial charge >= 0.3 is 0 Å². The summed E-state index contributed by atoms with van der Waals surface area (Å²) in [6.45, 7) is 14.3. The van der Waals surface area contributed by atoms with Crippen molar-refractivity contribution in [2.45, 2.75) is 38.6 Å². The van der Waals surface area contributed by atoms with Gasteiger partial charge in [0.1, 0.15) is 11.5 Å². The second-order valence-corrected chi connectivity index (χ2v) is 7.19. The Kier molecular flexibility index (Phi) is 9.07. The van der Waals surface area contributed by atoms with Gasteiger partial charge in [-0.1, -0.05) is 49.9 Å². The summed E-state index contributed by atoms with van der Waals surface area (Å²) in [4.78, 5) is 0. The highest BCUT2D eigenvalue weighted by atomic mass is 16.7. The van der Waals surface area contributed by atoms with Crippen molar-refractivity contribution in [1.29, 1.82) is 0 Å². The minimum Gasteiger partial charge on any atom is -0.497 e. The second-order valence-electron chi connectivity index (χ2n) is 7.19. The summed E-state index contributed by atoms with van der Waals surface area (Å²) < 4.78 is 15.6. The number of hydrogen-bond donors (Lipinski definition) is 1. The van der Waals surface area contributed by atoms with E-state index in [4.69, 9.17) is 14.2 Å². The molecule has 0 fully saturated rings.